The molecule has 32 heavy (non-hydrogen) atoms. The zero-order chi connectivity index (χ0) is 23.5. The van der Waals surface area contributed by atoms with Crippen molar-refractivity contribution in [2.45, 2.75) is 63.3 Å². The number of carbonyl (C=O) groups excluding carboxylic acids is 1. The highest BCUT2D eigenvalue weighted by Crippen LogP contribution is 2.39. The quantitative estimate of drug-likeness (QED) is 0.661. The Kier molecular flexibility index (Phi) is 6.94. The molecule has 1 N–H and O–H groups in total. The summed E-state index contributed by atoms with van der Waals surface area (Å²) in [6.45, 7) is 3.11. The molecule has 0 heterocycles. The number of carbonyl (C=O) groups is 1. The number of rotatable bonds is 5. The highest BCUT2D eigenvalue weighted by atomic mass is 19.4. The number of aliphatic hydroxyl groups is 1. The van der Waals surface area contributed by atoms with Gasteiger partial charge in [0.05, 0.1) is 11.6 Å². The number of halogens is 3. The summed E-state index contributed by atoms with van der Waals surface area (Å²) >= 11 is 0. The first kappa shape index (κ1) is 23.8. The maximum absolute atomic E-state index is 13.1. The van der Waals surface area contributed by atoms with Crippen LogP contribution in [0.5, 0.6) is 0 Å². The van der Waals surface area contributed by atoms with Gasteiger partial charge in [0, 0.05) is 18.2 Å². The molecule has 0 spiro atoms. The predicted molar refractivity (Wildman–Crippen MR) is 115 cm³/mol. The van der Waals surface area contributed by atoms with Crippen LogP contribution in [0, 0.1) is 11.3 Å². The molecule has 2 aromatic carbocycles. The van der Waals surface area contributed by atoms with E-state index in [1.807, 2.05) is 31.2 Å². The molecule has 0 saturated heterocycles. The third-order valence-electron chi connectivity index (χ3n) is 6.50. The molecule has 1 unspecified atom stereocenters. The number of alkyl halides is 3. The van der Waals surface area contributed by atoms with Crippen molar-refractivity contribution in [1.29, 1.82) is 5.26 Å². The van der Waals surface area contributed by atoms with Gasteiger partial charge in [0.2, 0.25) is 0 Å². The smallest absolute Gasteiger partial charge is 0.376 e. The lowest BCUT2D eigenvalue weighted by molar-refractivity contribution is -0.258. The Bertz CT molecular complexity index is 968. The first-order valence-electron chi connectivity index (χ1n) is 10.8. The second-order valence-electron chi connectivity index (χ2n) is 8.48. The average molecular weight is 444 g/mol. The van der Waals surface area contributed by atoms with Crippen molar-refractivity contribution in [2.75, 3.05) is 6.54 Å². The SMILES string of the molecule is CCN(C(=O)c1ccc(C(C)(O)C(F)(F)F)cc1)C1CCC(c2ccc(C#N)cc2)CC1. The number of nitriles is 1. The van der Waals surface area contributed by atoms with Crippen LogP contribution in [0.3, 0.4) is 0 Å². The summed E-state index contributed by atoms with van der Waals surface area (Å²) in [4.78, 5) is 14.8. The van der Waals surface area contributed by atoms with Gasteiger partial charge >= 0.3 is 6.18 Å². The lowest BCUT2D eigenvalue weighted by Gasteiger charge is -2.37. The maximum Gasteiger partial charge on any atom is 0.421 e. The topological polar surface area (TPSA) is 64.3 Å². The van der Waals surface area contributed by atoms with Crippen LogP contribution < -0.4 is 0 Å². The van der Waals surface area contributed by atoms with Gasteiger partial charge in [-0.15, -0.1) is 0 Å². The Morgan fingerprint density at radius 1 is 1.06 bits per heavy atom. The van der Waals surface area contributed by atoms with Gasteiger partial charge < -0.3 is 10.0 Å². The Balaban J connectivity index is 1.67. The number of hydrogen-bond donors (Lipinski definition) is 1. The van der Waals surface area contributed by atoms with E-state index in [1.54, 1.807) is 4.90 Å². The summed E-state index contributed by atoms with van der Waals surface area (Å²) < 4.78 is 39.2. The van der Waals surface area contributed by atoms with Gasteiger partial charge in [0.1, 0.15) is 0 Å². The molecule has 0 radical (unpaired) electrons. The molecule has 7 heteroatoms. The van der Waals surface area contributed by atoms with E-state index in [-0.39, 0.29) is 17.5 Å². The Labute approximate surface area is 186 Å². The predicted octanol–water partition coefficient (Wildman–Crippen LogP) is 5.52. The van der Waals surface area contributed by atoms with E-state index in [0.717, 1.165) is 37.8 Å². The van der Waals surface area contributed by atoms with Crippen molar-refractivity contribution in [1.82, 2.24) is 4.90 Å². The molecule has 1 aliphatic carbocycles. The molecule has 4 nitrogen and oxygen atoms in total. The summed E-state index contributed by atoms with van der Waals surface area (Å²) in [5.41, 5.74) is -1.13. The molecule has 0 aromatic heterocycles. The van der Waals surface area contributed by atoms with Crippen molar-refractivity contribution in [3.63, 3.8) is 0 Å². The molecule has 0 bridgehead atoms. The third kappa shape index (κ3) is 4.81. The second kappa shape index (κ2) is 9.33. The second-order valence-corrected chi connectivity index (χ2v) is 8.48. The third-order valence-corrected chi connectivity index (χ3v) is 6.50. The zero-order valence-corrected chi connectivity index (χ0v) is 18.2. The van der Waals surface area contributed by atoms with E-state index in [2.05, 4.69) is 6.07 Å². The molecular formula is C25H27F3N2O2. The van der Waals surface area contributed by atoms with Gasteiger partial charge in [0.15, 0.2) is 5.60 Å². The minimum Gasteiger partial charge on any atom is -0.376 e. The molecule has 1 atom stereocenters. The zero-order valence-electron chi connectivity index (χ0n) is 18.2. The van der Waals surface area contributed by atoms with Crippen LogP contribution in [0.15, 0.2) is 48.5 Å². The monoisotopic (exact) mass is 444 g/mol. The van der Waals surface area contributed by atoms with Crippen molar-refractivity contribution in [3.05, 3.63) is 70.8 Å². The van der Waals surface area contributed by atoms with Crippen LogP contribution in [-0.2, 0) is 5.60 Å². The first-order valence-corrected chi connectivity index (χ1v) is 10.8. The van der Waals surface area contributed by atoms with Crippen molar-refractivity contribution >= 4 is 5.91 Å². The van der Waals surface area contributed by atoms with Gasteiger partial charge in [-0.3, -0.25) is 4.79 Å². The number of nitrogens with zero attached hydrogens (tertiary/aromatic N) is 2. The molecule has 1 amide bonds. The summed E-state index contributed by atoms with van der Waals surface area (Å²) in [5.74, 6) is 0.171. The standard InChI is InChI=1S/C25H27F3N2O2/c1-3-30(22-14-10-19(11-15-22)18-6-4-17(16-29)5-7-18)23(31)20-8-12-21(13-9-20)24(2,32)25(26,27)28/h4-9,12-13,19,22,32H,3,10-11,14-15H2,1-2H3. The summed E-state index contributed by atoms with van der Waals surface area (Å²) in [6, 6.07) is 14.8. The van der Waals surface area contributed by atoms with Crippen LogP contribution in [0.1, 0.15) is 72.5 Å². The molecular weight excluding hydrogens is 417 g/mol. The van der Waals surface area contributed by atoms with Crippen LogP contribution in [0.25, 0.3) is 0 Å². The van der Waals surface area contributed by atoms with Crippen molar-refractivity contribution in [2.24, 2.45) is 0 Å². The van der Waals surface area contributed by atoms with Crippen LogP contribution in [0.2, 0.25) is 0 Å². The Hall–Kier alpha value is -2.85. The van der Waals surface area contributed by atoms with Gasteiger partial charge in [-0.1, -0.05) is 24.3 Å². The van der Waals surface area contributed by atoms with Gasteiger partial charge in [-0.2, -0.15) is 18.4 Å². The number of hydrogen-bond acceptors (Lipinski definition) is 3. The van der Waals surface area contributed by atoms with Crippen molar-refractivity contribution < 1.29 is 23.1 Å². The van der Waals surface area contributed by atoms with E-state index in [4.69, 9.17) is 5.26 Å². The van der Waals surface area contributed by atoms with Gasteiger partial charge in [-0.25, -0.2) is 0 Å². The fourth-order valence-electron chi connectivity index (χ4n) is 4.39. The average Bonchev–Trinajstić information content (AvgIpc) is 2.79. The highest BCUT2D eigenvalue weighted by Gasteiger charge is 2.51. The van der Waals surface area contributed by atoms with E-state index in [1.165, 1.54) is 17.7 Å². The van der Waals surface area contributed by atoms with E-state index < -0.39 is 11.8 Å². The molecule has 1 saturated carbocycles. The fraction of sp³-hybridized carbons (Fsp3) is 0.440. The molecule has 0 aliphatic heterocycles. The number of amides is 1. The molecule has 170 valence electrons. The van der Waals surface area contributed by atoms with E-state index in [0.29, 0.717) is 30.5 Å². The molecule has 1 aliphatic rings. The van der Waals surface area contributed by atoms with Gasteiger partial charge in [-0.05, 0) is 80.8 Å². The largest absolute Gasteiger partial charge is 0.421 e. The minimum absolute atomic E-state index is 0.0695. The minimum atomic E-state index is -4.80. The lowest BCUT2D eigenvalue weighted by Crippen LogP contribution is -2.42. The maximum atomic E-state index is 13.1. The van der Waals surface area contributed by atoms with Gasteiger partial charge in [0.25, 0.3) is 5.91 Å². The normalized spacial score (nSPS) is 20.8. The highest BCUT2D eigenvalue weighted by molar-refractivity contribution is 5.94. The van der Waals surface area contributed by atoms with Crippen LogP contribution in [-0.4, -0.2) is 34.7 Å². The van der Waals surface area contributed by atoms with Crippen LogP contribution in [0.4, 0.5) is 13.2 Å². The van der Waals surface area contributed by atoms with Crippen LogP contribution >= 0.6 is 0 Å². The van der Waals surface area contributed by atoms with Crippen molar-refractivity contribution in [3.8, 4) is 6.07 Å². The molecule has 1 fully saturated rings. The number of benzene rings is 2. The molecule has 2 aromatic rings. The summed E-state index contributed by atoms with van der Waals surface area (Å²) in [5, 5.41) is 18.8. The first-order chi connectivity index (χ1) is 15.1. The fourth-order valence-corrected chi connectivity index (χ4v) is 4.39. The Morgan fingerprint density at radius 3 is 2.09 bits per heavy atom. The van der Waals surface area contributed by atoms with E-state index in [9.17, 15) is 23.1 Å². The molecule has 3 rings (SSSR count). The lowest BCUT2D eigenvalue weighted by atomic mass is 9.81. The van der Waals surface area contributed by atoms with E-state index >= 15 is 0 Å². The Morgan fingerprint density at radius 2 is 1.62 bits per heavy atom. The summed E-state index contributed by atoms with van der Waals surface area (Å²) in [6.07, 6.45) is -1.28. The summed E-state index contributed by atoms with van der Waals surface area (Å²) in [7, 11) is 0.